The molecular formula is C24H32. The van der Waals surface area contributed by atoms with Crippen molar-refractivity contribution in [2.45, 2.75) is 71.6 Å². The molecule has 0 nitrogen and oxygen atoms in total. The molecule has 1 unspecified atom stereocenters. The van der Waals surface area contributed by atoms with Gasteiger partial charge in [0.1, 0.15) is 0 Å². The first-order valence-corrected chi connectivity index (χ1v) is 9.96. The fraction of sp³-hybridized carbons (Fsp3) is 0.500. The van der Waals surface area contributed by atoms with Gasteiger partial charge in [-0.2, -0.15) is 0 Å². The third kappa shape index (κ3) is 4.50. The lowest BCUT2D eigenvalue weighted by molar-refractivity contribution is 0.424. The highest BCUT2D eigenvalue weighted by Gasteiger charge is 2.15. The summed E-state index contributed by atoms with van der Waals surface area (Å²) in [5.74, 6) is 0.929. The minimum Gasteiger partial charge on any atom is -0.0804 e. The molecule has 0 fully saturated rings. The van der Waals surface area contributed by atoms with Crippen LogP contribution in [-0.4, -0.2) is 0 Å². The van der Waals surface area contributed by atoms with E-state index >= 15 is 0 Å². The Bertz CT molecular complexity index is 692. The van der Waals surface area contributed by atoms with Crippen molar-refractivity contribution in [1.82, 2.24) is 0 Å². The van der Waals surface area contributed by atoms with Crippen LogP contribution in [-0.2, 0) is 0 Å². The van der Waals surface area contributed by atoms with Crippen molar-refractivity contribution in [2.75, 3.05) is 0 Å². The molecule has 1 atom stereocenters. The molecule has 0 spiro atoms. The summed E-state index contributed by atoms with van der Waals surface area (Å²) in [5, 5.41) is 2.73. The Balaban J connectivity index is 1.57. The van der Waals surface area contributed by atoms with Gasteiger partial charge >= 0.3 is 0 Å². The molecule has 0 aromatic heterocycles. The van der Waals surface area contributed by atoms with E-state index < -0.39 is 0 Å². The minimum absolute atomic E-state index is 0.929. The van der Waals surface area contributed by atoms with Crippen LogP contribution in [0.25, 0.3) is 16.3 Å². The molecule has 0 N–H and O–H groups in total. The third-order valence-corrected chi connectivity index (χ3v) is 5.60. The van der Waals surface area contributed by atoms with Gasteiger partial charge in [0.05, 0.1) is 0 Å². The number of hydrogen-bond acceptors (Lipinski definition) is 0. The minimum atomic E-state index is 0.929. The van der Waals surface area contributed by atoms with Crippen LogP contribution in [0.2, 0.25) is 0 Å². The Morgan fingerprint density at radius 2 is 1.71 bits per heavy atom. The third-order valence-electron chi connectivity index (χ3n) is 5.60. The molecular weight excluding hydrogens is 288 g/mol. The summed E-state index contributed by atoms with van der Waals surface area (Å²) >= 11 is 0. The van der Waals surface area contributed by atoms with Gasteiger partial charge in [-0.1, -0.05) is 87.4 Å². The van der Waals surface area contributed by atoms with Gasteiger partial charge in [-0.3, -0.25) is 0 Å². The van der Waals surface area contributed by atoms with Gasteiger partial charge in [0.2, 0.25) is 0 Å². The van der Waals surface area contributed by atoms with E-state index in [1.165, 1.54) is 79.7 Å². The van der Waals surface area contributed by atoms with Gasteiger partial charge in [-0.05, 0) is 60.1 Å². The number of fused-ring (bicyclic) bond motifs is 1. The summed E-state index contributed by atoms with van der Waals surface area (Å²) in [6.45, 7) is 4.46. The summed E-state index contributed by atoms with van der Waals surface area (Å²) in [7, 11) is 0. The molecule has 3 rings (SSSR count). The highest BCUT2D eigenvalue weighted by atomic mass is 14.2. The first-order chi connectivity index (χ1) is 11.8. The van der Waals surface area contributed by atoms with Crippen LogP contribution >= 0.6 is 0 Å². The highest BCUT2D eigenvalue weighted by molar-refractivity contribution is 5.87. The zero-order valence-electron chi connectivity index (χ0n) is 15.5. The molecule has 0 amide bonds. The van der Waals surface area contributed by atoms with E-state index in [0.29, 0.717) is 0 Å². The summed E-state index contributed by atoms with van der Waals surface area (Å²) < 4.78 is 0. The van der Waals surface area contributed by atoms with E-state index in [1.54, 1.807) is 5.57 Å². The van der Waals surface area contributed by atoms with Crippen molar-refractivity contribution in [3.8, 4) is 0 Å². The molecule has 0 bridgehead atoms. The number of benzene rings is 2. The van der Waals surface area contributed by atoms with Crippen molar-refractivity contribution < 1.29 is 0 Å². The molecule has 2 aromatic carbocycles. The van der Waals surface area contributed by atoms with Gasteiger partial charge in [-0.25, -0.2) is 0 Å². The van der Waals surface area contributed by atoms with Gasteiger partial charge in [0.25, 0.3) is 0 Å². The Morgan fingerprint density at radius 1 is 0.917 bits per heavy atom. The van der Waals surface area contributed by atoms with Gasteiger partial charge in [0.15, 0.2) is 0 Å². The van der Waals surface area contributed by atoms with E-state index in [-0.39, 0.29) is 0 Å². The predicted molar refractivity (Wildman–Crippen MR) is 107 cm³/mol. The lowest BCUT2D eigenvalue weighted by atomic mass is 9.83. The zero-order valence-corrected chi connectivity index (χ0v) is 15.5. The number of unbranched alkanes of at least 4 members (excludes halogenated alkanes) is 4. The molecule has 0 saturated heterocycles. The van der Waals surface area contributed by atoms with Crippen LogP contribution in [0, 0.1) is 12.8 Å². The monoisotopic (exact) mass is 320 g/mol. The highest BCUT2D eigenvalue weighted by Crippen LogP contribution is 2.34. The second-order valence-corrected chi connectivity index (χ2v) is 7.64. The van der Waals surface area contributed by atoms with Crippen LogP contribution in [0.5, 0.6) is 0 Å². The SMILES string of the molecule is CCCCCCCC1CC=C(c2ccc3cc(C)ccc3c2)CC1. The topological polar surface area (TPSA) is 0 Å². The lowest BCUT2D eigenvalue weighted by Crippen LogP contribution is -2.05. The predicted octanol–water partition coefficient (Wildman–Crippen LogP) is 7.69. The van der Waals surface area contributed by atoms with Crippen molar-refractivity contribution in [3.63, 3.8) is 0 Å². The Labute approximate surface area is 148 Å². The molecule has 24 heavy (non-hydrogen) atoms. The van der Waals surface area contributed by atoms with Crippen LogP contribution in [0.4, 0.5) is 0 Å². The number of hydrogen-bond donors (Lipinski definition) is 0. The molecule has 1 aliphatic rings. The lowest BCUT2D eigenvalue weighted by Gasteiger charge is -2.22. The zero-order chi connectivity index (χ0) is 16.8. The molecule has 0 heteroatoms. The molecule has 0 aliphatic heterocycles. The largest absolute Gasteiger partial charge is 0.0804 e. The van der Waals surface area contributed by atoms with Crippen molar-refractivity contribution in [1.29, 1.82) is 0 Å². The van der Waals surface area contributed by atoms with Crippen LogP contribution in [0.15, 0.2) is 42.5 Å². The maximum atomic E-state index is 2.52. The second kappa shape index (κ2) is 8.51. The van der Waals surface area contributed by atoms with Gasteiger partial charge in [0, 0.05) is 0 Å². The Hall–Kier alpha value is -1.56. The number of aryl methyl sites for hydroxylation is 1. The van der Waals surface area contributed by atoms with Crippen molar-refractivity contribution in [2.24, 2.45) is 5.92 Å². The van der Waals surface area contributed by atoms with Gasteiger partial charge < -0.3 is 0 Å². The van der Waals surface area contributed by atoms with E-state index in [4.69, 9.17) is 0 Å². The average Bonchev–Trinajstić information content (AvgIpc) is 2.62. The Morgan fingerprint density at radius 3 is 2.50 bits per heavy atom. The first-order valence-electron chi connectivity index (χ1n) is 9.96. The van der Waals surface area contributed by atoms with Crippen LogP contribution in [0.3, 0.4) is 0 Å². The van der Waals surface area contributed by atoms with Crippen molar-refractivity contribution in [3.05, 3.63) is 53.6 Å². The maximum Gasteiger partial charge on any atom is -0.0178 e. The number of allylic oxidation sites excluding steroid dienone is 2. The van der Waals surface area contributed by atoms with E-state index in [2.05, 4.69) is 56.3 Å². The van der Waals surface area contributed by atoms with E-state index in [9.17, 15) is 0 Å². The molecule has 1 aliphatic carbocycles. The molecule has 0 saturated carbocycles. The Kier molecular flexibility index (Phi) is 6.12. The molecule has 0 heterocycles. The fourth-order valence-corrected chi connectivity index (χ4v) is 4.01. The van der Waals surface area contributed by atoms with Gasteiger partial charge in [-0.15, -0.1) is 0 Å². The second-order valence-electron chi connectivity index (χ2n) is 7.64. The van der Waals surface area contributed by atoms with Crippen LogP contribution in [0.1, 0.15) is 75.8 Å². The summed E-state index contributed by atoms with van der Waals surface area (Å²) in [6.07, 6.45) is 14.9. The molecule has 2 aromatic rings. The van der Waals surface area contributed by atoms with E-state index in [0.717, 1.165) is 5.92 Å². The molecule has 0 radical (unpaired) electrons. The number of rotatable bonds is 7. The standard InChI is InChI=1S/C24H32/c1-3-4-5-6-7-8-20-10-13-21(14-11-20)23-16-15-22-17-19(2)9-12-24(22)18-23/h9,12-13,15-18,20H,3-8,10-11,14H2,1-2H3. The maximum absolute atomic E-state index is 2.52. The van der Waals surface area contributed by atoms with Crippen molar-refractivity contribution >= 4 is 16.3 Å². The smallest absolute Gasteiger partial charge is 0.0178 e. The quantitative estimate of drug-likeness (QED) is 0.459. The normalized spacial score (nSPS) is 17.9. The fourth-order valence-electron chi connectivity index (χ4n) is 4.01. The summed E-state index contributed by atoms with van der Waals surface area (Å²) in [5.41, 5.74) is 4.35. The van der Waals surface area contributed by atoms with E-state index in [1.807, 2.05) is 0 Å². The first kappa shape index (κ1) is 17.3. The average molecular weight is 321 g/mol. The molecule has 128 valence electrons. The van der Waals surface area contributed by atoms with Crippen LogP contribution < -0.4 is 0 Å². The summed E-state index contributed by atoms with van der Waals surface area (Å²) in [6, 6.07) is 13.7. The summed E-state index contributed by atoms with van der Waals surface area (Å²) in [4.78, 5) is 0.